The van der Waals surface area contributed by atoms with Crippen LogP contribution in [-0.2, 0) is 6.61 Å². The zero-order valence-electron chi connectivity index (χ0n) is 9.11. The van der Waals surface area contributed by atoms with Crippen LogP contribution in [0.2, 0.25) is 5.02 Å². The minimum absolute atomic E-state index is 0.408. The van der Waals surface area contributed by atoms with Gasteiger partial charge in [0.2, 0.25) is 0 Å². The summed E-state index contributed by atoms with van der Waals surface area (Å²) < 4.78 is 5.56. The number of nitriles is 1. The summed E-state index contributed by atoms with van der Waals surface area (Å²) in [5.74, 6) is 0.653. The van der Waals surface area contributed by atoms with Crippen molar-refractivity contribution in [2.75, 3.05) is 0 Å². The van der Waals surface area contributed by atoms with E-state index in [9.17, 15) is 0 Å². The van der Waals surface area contributed by atoms with Crippen LogP contribution >= 0.6 is 22.9 Å². The molecule has 1 heterocycles. The molecule has 0 unspecified atom stereocenters. The molecule has 0 amide bonds. The Morgan fingerprint density at radius 2 is 2.35 bits per heavy atom. The van der Waals surface area contributed by atoms with Gasteiger partial charge in [-0.05, 0) is 19.1 Å². The number of aryl methyl sites for hydroxylation is 1. The first kappa shape index (κ1) is 11.9. The van der Waals surface area contributed by atoms with Crippen molar-refractivity contribution in [3.05, 3.63) is 44.9 Å². The number of hydrogen-bond acceptors (Lipinski definition) is 4. The highest BCUT2D eigenvalue weighted by molar-refractivity contribution is 7.11. The number of benzene rings is 1. The molecular formula is C12H9ClN2OS. The highest BCUT2D eigenvalue weighted by atomic mass is 35.5. The number of thiazole rings is 1. The quantitative estimate of drug-likeness (QED) is 0.852. The van der Waals surface area contributed by atoms with E-state index in [2.05, 4.69) is 4.98 Å². The summed E-state index contributed by atoms with van der Waals surface area (Å²) in [6.45, 7) is 2.42. The molecule has 0 saturated carbocycles. The minimum atomic E-state index is 0.408. The number of hydrogen-bond donors (Lipinski definition) is 0. The number of rotatable bonds is 3. The van der Waals surface area contributed by atoms with Gasteiger partial charge in [0.15, 0.2) is 0 Å². The molecule has 0 aliphatic rings. The largest absolute Gasteiger partial charge is 0.488 e. The van der Waals surface area contributed by atoms with Crippen molar-refractivity contribution in [2.24, 2.45) is 0 Å². The molecule has 0 radical (unpaired) electrons. The lowest BCUT2D eigenvalue weighted by molar-refractivity contribution is 0.309. The minimum Gasteiger partial charge on any atom is -0.488 e. The molecule has 1 aromatic carbocycles. The van der Waals surface area contributed by atoms with Gasteiger partial charge in [-0.1, -0.05) is 11.6 Å². The van der Waals surface area contributed by atoms with Gasteiger partial charge in [-0.2, -0.15) is 5.26 Å². The maximum Gasteiger partial charge on any atom is 0.124 e. The highest BCUT2D eigenvalue weighted by Crippen LogP contribution is 2.23. The van der Waals surface area contributed by atoms with Gasteiger partial charge in [0, 0.05) is 12.3 Å². The molecule has 17 heavy (non-hydrogen) atoms. The van der Waals surface area contributed by atoms with Crippen LogP contribution in [0.4, 0.5) is 0 Å². The van der Waals surface area contributed by atoms with Gasteiger partial charge in [-0.25, -0.2) is 4.98 Å². The summed E-state index contributed by atoms with van der Waals surface area (Å²) in [6, 6.07) is 7.03. The normalized spacial score (nSPS) is 9.94. The topological polar surface area (TPSA) is 45.9 Å². The van der Waals surface area contributed by atoms with E-state index in [4.69, 9.17) is 21.6 Å². The molecule has 3 nitrogen and oxygen atoms in total. The molecule has 0 fully saturated rings. The second-order valence-corrected chi connectivity index (χ2v) is 5.11. The van der Waals surface area contributed by atoms with Crippen molar-refractivity contribution in [1.29, 1.82) is 5.26 Å². The lowest BCUT2D eigenvalue weighted by Gasteiger charge is -2.05. The summed E-state index contributed by atoms with van der Waals surface area (Å²) in [4.78, 5) is 5.20. The molecule has 0 bridgehead atoms. The second-order valence-electron chi connectivity index (χ2n) is 3.39. The Labute approximate surface area is 108 Å². The first-order valence-corrected chi connectivity index (χ1v) is 6.12. The van der Waals surface area contributed by atoms with Gasteiger partial charge in [0.25, 0.3) is 0 Å². The summed E-state index contributed by atoms with van der Waals surface area (Å²) in [6.07, 6.45) is 1.80. The summed E-state index contributed by atoms with van der Waals surface area (Å²) in [5.41, 5.74) is 0.452. The van der Waals surface area contributed by atoms with Crippen molar-refractivity contribution >= 4 is 22.9 Å². The standard InChI is InChI=1S/C12H9ClN2OS/c1-8-15-6-11(17-8)7-16-10-3-2-9(5-14)12(13)4-10/h2-4,6H,7H2,1H3. The SMILES string of the molecule is Cc1ncc(COc2ccc(C#N)c(Cl)c2)s1. The maximum atomic E-state index is 8.74. The smallest absolute Gasteiger partial charge is 0.124 e. The van der Waals surface area contributed by atoms with Crippen LogP contribution in [0, 0.1) is 18.3 Å². The molecule has 1 aromatic heterocycles. The molecule has 0 N–H and O–H groups in total. The Hall–Kier alpha value is -1.57. The third-order valence-electron chi connectivity index (χ3n) is 2.11. The molecule has 2 rings (SSSR count). The molecule has 86 valence electrons. The second kappa shape index (κ2) is 5.17. The monoisotopic (exact) mass is 264 g/mol. The number of nitrogens with zero attached hydrogens (tertiary/aromatic N) is 2. The van der Waals surface area contributed by atoms with Crippen molar-refractivity contribution in [1.82, 2.24) is 4.98 Å². The van der Waals surface area contributed by atoms with E-state index in [1.807, 2.05) is 13.0 Å². The van der Waals surface area contributed by atoms with E-state index < -0.39 is 0 Å². The third-order valence-corrected chi connectivity index (χ3v) is 3.31. The van der Waals surface area contributed by atoms with E-state index in [0.29, 0.717) is 22.9 Å². The number of aromatic nitrogens is 1. The van der Waals surface area contributed by atoms with Crippen LogP contribution in [0.5, 0.6) is 5.75 Å². The summed E-state index contributed by atoms with van der Waals surface area (Å²) in [7, 11) is 0. The van der Waals surface area contributed by atoms with Gasteiger partial charge in [0.1, 0.15) is 18.4 Å². The fourth-order valence-corrected chi connectivity index (χ4v) is 2.22. The average Bonchev–Trinajstić information content (AvgIpc) is 2.73. The fourth-order valence-electron chi connectivity index (χ4n) is 1.30. The lowest BCUT2D eigenvalue weighted by atomic mass is 10.2. The Balaban J connectivity index is 2.05. The zero-order chi connectivity index (χ0) is 12.3. The van der Waals surface area contributed by atoms with Gasteiger partial charge in [0.05, 0.1) is 20.5 Å². The first-order chi connectivity index (χ1) is 8.19. The third kappa shape index (κ3) is 2.96. The molecule has 0 saturated heterocycles. The average molecular weight is 265 g/mol. The molecule has 0 aliphatic carbocycles. The van der Waals surface area contributed by atoms with Gasteiger partial charge in [-0.3, -0.25) is 0 Å². The van der Waals surface area contributed by atoms with Crippen LogP contribution in [-0.4, -0.2) is 4.98 Å². The summed E-state index contributed by atoms with van der Waals surface area (Å²) >= 11 is 7.50. The zero-order valence-corrected chi connectivity index (χ0v) is 10.7. The predicted octanol–water partition coefficient (Wildman–Crippen LogP) is 3.56. The van der Waals surface area contributed by atoms with Crippen LogP contribution in [0.1, 0.15) is 15.4 Å². The van der Waals surface area contributed by atoms with Crippen molar-refractivity contribution < 1.29 is 4.74 Å². The molecule has 0 spiro atoms. The molecule has 0 atom stereocenters. The van der Waals surface area contributed by atoms with Crippen LogP contribution in [0.15, 0.2) is 24.4 Å². The molecule has 5 heteroatoms. The number of ether oxygens (including phenoxy) is 1. The van der Waals surface area contributed by atoms with Crippen molar-refractivity contribution in [2.45, 2.75) is 13.5 Å². The van der Waals surface area contributed by atoms with Gasteiger partial charge < -0.3 is 4.74 Å². The van der Waals surface area contributed by atoms with Crippen LogP contribution in [0.25, 0.3) is 0 Å². The van der Waals surface area contributed by atoms with Crippen molar-refractivity contribution in [3.63, 3.8) is 0 Å². The Morgan fingerprint density at radius 3 is 2.94 bits per heavy atom. The van der Waals surface area contributed by atoms with E-state index >= 15 is 0 Å². The predicted molar refractivity (Wildman–Crippen MR) is 67.4 cm³/mol. The number of halogens is 1. The molecular weight excluding hydrogens is 256 g/mol. The Kier molecular flexibility index (Phi) is 3.62. The van der Waals surface area contributed by atoms with Crippen LogP contribution in [0.3, 0.4) is 0 Å². The fraction of sp³-hybridized carbons (Fsp3) is 0.167. The highest BCUT2D eigenvalue weighted by Gasteiger charge is 2.03. The Morgan fingerprint density at radius 1 is 1.53 bits per heavy atom. The van der Waals surface area contributed by atoms with E-state index in [0.717, 1.165) is 9.88 Å². The lowest BCUT2D eigenvalue weighted by Crippen LogP contribution is -1.93. The summed E-state index contributed by atoms with van der Waals surface area (Å²) in [5, 5.41) is 10.2. The maximum absolute atomic E-state index is 8.74. The van der Waals surface area contributed by atoms with Crippen molar-refractivity contribution in [3.8, 4) is 11.8 Å². The van der Waals surface area contributed by atoms with E-state index in [1.165, 1.54) is 0 Å². The van der Waals surface area contributed by atoms with Crippen LogP contribution < -0.4 is 4.74 Å². The first-order valence-electron chi connectivity index (χ1n) is 4.93. The van der Waals surface area contributed by atoms with E-state index in [-0.39, 0.29) is 0 Å². The van der Waals surface area contributed by atoms with Gasteiger partial charge >= 0.3 is 0 Å². The molecule has 2 aromatic rings. The van der Waals surface area contributed by atoms with Gasteiger partial charge in [-0.15, -0.1) is 11.3 Å². The molecule has 0 aliphatic heterocycles. The van der Waals surface area contributed by atoms with E-state index in [1.54, 1.807) is 35.7 Å². The Bertz CT molecular complexity index is 574.